The van der Waals surface area contributed by atoms with Crippen molar-refractivity contribution in [2.75, 3.05) is 13.1 Å². The molecule has 1 fully saturated rings. The Hall–Kier alpha value is -2.18. The molecule has 2 aromatic carbocycles. The zero-order valence-electron chi connectivity index (χ0n) is 16.0. The molecule has 1 heterocycles. The van der Waals surface area contributed by atoms with E-state index in [0.29, 0.717) is 18.7 Å². The molecule has 6 heteroatoms. The molecule has 1 N–H and O–H groups in total. The van der Waals surface area contributed by atoms with Crippen LogP contribution in [0.15, 0.2) is 47.4 Å². The van der Waals surface area contributed by atoms with E-state index in [9.17, 15) is 13.2 Å². The smallest absolute Gasteiger partial charge is 0.252 e. The third kappa shape index (κ3) is 4.22. The van der Waals surface area contributed by atoms with Crippen molar-refractivity contribution >= 4 is 15.9 Å². The molecular formula is C21H26N2O3S. The van der Waals surface area contributed by atoms with E-state index in [1.54, 1.807) is 12.1 Å². The van der Waals surface area contributed by atoms with Crippen molar-refractivity contribution in [2.24, 2.45) is 0 Å². The molecule has 1 atom stereocenters. The van der Waals surface area contributed by atoms with E-state index in [4.69, 9.17) is 0 Å². The third-order valence-electron chi connectivity index (χ3n) is 5.08. The van der Waals surface area contributed by atoms with Gasteiger partial charge >= 0.3 is 0 Å². The van der Waals surface area contributed by atoms with Crippen molar-refractivity contribution < 1.29 is 13.2 Å². The third-order valence-corrected chi connectivity index (χ3v) is 6.98. The Bertz CT molecular complexity index is 930. The average molecular weight is 387 g/mol. The first-order valence-corrected chi connectivity index (χ1v) is 10.7. The van der Waals surface area contributed by atoms with Gasteiger partial charge in [0.2, 0.25) is 10.0 Å². The van der Waals surface area contributed by atoms with E-state index >= 15 is 0 Å². The summed E-state index contributed by atoms with van der Waals surface area (Å²) in [6.07, 6.45) is 1.76. The van der Waals surface area contributed by atoms with Crippen LogP contribution in [0.25, 0.3) is 0 Å². The van der Waals surface area contributed by atoms with E-state index < -0.39 is 10.0 Å². The molecule has 5 nitrogen and oxygen atoms in total. The number of carbonyl (C=O) groups is 1. The van der Waals surface area contributed by atoms with Crippen molar-refractivity contribution in [1.29, 1.82) is 0 Å². The average Bonchev–Trinajstić information content (AvgIpc) is 3.18. The van der Waals surface area contributed by atoms with Crippen LogP contribution in [0.4, 0.5) is 0 Å². The van der Waals surface area contributed by atoms with Gasteiger partial charge in [0, 0.05) is 18.7 Å². The Kier molecular flexibility index (Phi) is 5.67. The van der Waals surface area contributed by atoms with Gasteiger partial charge in [-0.25, -0.2) is 8.42 Å². The summed E-state index contributed by atoms with van der Waals surface area (Å²) < 4.78 is 27.1. The number of amides is 1. The lowest BCUT2D eigenvalue weighted by molar-refractivity contribution is 0.0939. The predicted molar refractivity (Wildman–Crippen MR) is 106 cm³/mol. The minimum atomic E-state index is -3.54. The van der Waals surface area contributed by atoms with Gasteiger partial charge in [0.25, 0.3) is 5.91 Å². The zero-order valence-corrected chi connectivity index (χ0v) is 16.8. The number of rotatable bonds is 5. The number of hydrogen-bond donors (Lipinski definition) is 1. The number of aryl methyl sites for hydroxylation is 2. The highest BCUT2D eigenvalue weighted by molar-refractivity contribution is 7.89. The molecule has 3 rings (SSSR count). The Morgan fingerprint density at radius 2 is 1.67 bits per heavy atom. The maximum Gasteiger partial charge on any atom is 0.252 e. The summed E-state index contributed by atoms with van der Waals surface area (Å²) in [6, 6.07) is 12.6. The molecule has 0 aliphatic carbocycles. The molecule has 0 radical (unpaired) electrons. The molecule has 1 amide bonds. The van der Waals surface area contributed by atoms with E-state index in [1.807, 2.05) is 45.0 Å². The summed E-state index contributed by atoms with van der Waals surface area (Å²) in [7, 11) is -3.54. The number of sulfonamides is 1. The van der Waals surface area contributed by atoms with Gasteiger partial charge < -0.3 is 5.32 Å². The summed E-state index contributed by atoms with van der Waals surface area (Å²) in [4.78, 5) is 13.0. The molecule has 1 aliphatic heterocycles. The van der Waals surface area contributed by atoms with Crippen LogP contribution < -0.4 is 5.32 Å². The maximum absolute atomic E-state index is 12.8. The first-order chi connectivity index (χ1) is 12.8. The minimum Gasteiger partial charge on any atom is -0.346 e. The van der Waals surface area contributed by atoms with Crippen LogP contribution in [0.2, 0.25) is 0 Å². The highest BCUT2D eigenvalue weighted by Crippen LogP contribution is 2.23. The summed E-state index contributed by atoms with van der Waals surface area (Å²) >= 11 is 0. The van der Waals surface area contributed by atoms with Crippen LogP contribution in [-0.4, -0.2) is 31.7 Å². The Morgan fingerprint density at radius 1 is 1.04 bits per heavy atom. The lowest BCUT2D eigenvalue weighted by atomic mass is 10.0. The molecule has 1 saturated heterocycles. The highest BCUT2D eigenvalue weighted by atomic mass is 32.2. The van der Waals surface area contributed by atoms with Gasteiger partial charge in [-0.3, -0.25) is 4.79 Å². The SMILES string of the molecule is Cc1ccc(C(C)NC(=O)c2cc(S(=O)(=O)N3CCCC3)ccc2C)cc1. The van der Waals surface area contributed by atoms with E-state index in [0.717, 1.165) is 29.5 Å². The van der Waals surface area contributed by atoms with Crippen molar-refractivity contribution in [3.05, 3.63) is 64.7 Å². The zero-order chi connectivity index (χ0) is 19.6. The maximum atomic E-state index is 12.8. The van der Waals surface area contributed by atoms with Crippen molar-refractivity contribution in [3.8, 4) is 0 Å². The fraction of sp³-hybridized carbons (Fsp3) is 0.381. The largest absolute Gasteiger partial charge is 0.346 e. The predicted octanol–water partition coefficient (Wildman–Crippen LogP) is 3.58. The fourth-order valence-corrected chi connectivity index (χ4v) is 4.84. The second kappa shape index (κ2) is 7.82. The first kappa shape index (κ1) is 19.6. The van der Waals surface area contributed by atoms with E-state index in [2.05, 4.69) is 5.32 Å². The van der Waals surface area contributed by atoms with Gasteiger partial charge in [-0.15, -0.1) is 0 Å². The van der Waals surface area contributed by atoms with Crippen molar-refractivity contribution in [3.63, 3.8) is 0 Å². The molecule has 27 heavy (non-hydrogen) atoms. The molecule has 0 saturated carbocycles. The lowest BCUT2D eigenvalue weighted by Gasteiger charge is -2.18. The topological polar surface area (TPSA) is 66.5 Å². The van der Waals surface area contributed by atoms with Gasteiger partial charge in [0.15, 0.2) is 0 Å². The molecule has 0 aromatic heterocycles. The number of carbonyl (C=O) groups excluding carboxylic acids is 1. The molecule has 0 spiro atoms. The first-order valence-electron chi connectivity index (χ1n) is 9.27. The van der Waals surface area contributed by atoms with Crippen LogP contribution in [0.3, 0.4) is 0 Å². The Labute approximate surface area is 161 Å². The van der Waals surface area contributed by atoms with E-state index in [1.165, 1.54) is 10.4 Å². The van der Waals surface area contributed by atoms with Crippen molar-refractivity contribution in [1.82, 2.24) is 9.62 Å². The number of hydrogen-bond acceptors (Lipinski definition) is 3. The Morgan fingerprint density at radius 3 is 2.30 bits per heavy atom. The molecule has 1 unspecified atom stereocenters. The van der Waals surface area contributed by atoms with Gasteiger partial charge in [-0.05, 0) is 56.9 Å². The summed E-state index contributed by atoms with van der Waals surface area (Å²) in [6.45, 7) is 6.84. The summed E-state index contributed by atoms with van der Waals surface area (Å²) in [5.41, 5.74) is 3.32. The van der Waals surface area contributed by atoms with Crippen LogP contribution in [0.1, 0.15) is 52.9 Å². The van der Waals surface area contributed by atoms with Crippen molar-refractivity contribution in [2.45, 2.75) is 44.6 Å². The van der Waals surface area contributed by atoms with Crippen LogP contribution >= 0.6 is 0 Å². The number of nitrogens with one attached hydrogen (secondary N) is 1. The highest BCUT2D eigenvalue weighted by Gasteiger charge is 2.28. The monoisotopic (exact) mass is 386 g/mol. The normalized spacial score (nSPS) is 16.3. The lowest BCUT2D eigenvalue weighted by Crippen LogP contribution is -2.29. The van der Waals surface area contributed by atoms with Crippen LogP contribution in [0.5, 0.6) is 0 Å². The second-order valence-corrected chi connectivity index (χ2v) is 9.13. The van der Waals surface area contributed by atoms with Gasteiger partial charge in [-0.1, -0.05) is 35.9 Å². The number of nitrogens with zero attached hydrogens (tertiary/aromatic N) is 1. The number of benzene rings is 2. The summed E-state index contributed by atoms with van der Waals surface area (Å²) in [5, 5.41) is 2.97. The van der Waals surface area contributed by atoms with Crippen LogP contribution in [-0.2, 0) is 10.0 Å². The fourth-order valence-electron chi connectivity index (χ4n) is 3.30. The van der Waals surface area contributed by atoms with Gasteiger partial charge in [0.05, 0.1) is 10.9 Å². The summed E-state index contributed by atoms with van der Waals surface area (Å²) in [5.74, 6) is -0.265. The Balaban J connectivity index is 1.83. The molecule has 2 aromatic rings. The molecular weight excluding hydrogens is 360 g/mol. The second-order valence-electron chi connectivity index (χ2n) is 7.19. The quantitative estimate of drug-likeness (QED) is 0.854. The minimum absolute atomic E-state index is 0.170. The molecule has 1 aliphatic rings. The van der Waals surface area contributed by atoms with E-state index in [-0.39, 0.29) is 16.8 Å². The van der Waals surface area contributed by atoms with Crippen LogP contribution in [0, 0.1) is 13.8 Å². The van der Waals surface area contributed by atoms with Gasteiger partial charge in [0.1, 0.15) is 0 Å². The van der Waals surface area contributed by atoms with Gasteiger partial charge in [-0.2, -0.15) is 4.31 Å². The standard InChI is InChI=1S/C21H26N2O3S/c1-15-6-9-18(10-7-15)17(3)22-21(24)20-14-19(11-8-16(20)2)27(25,26)23-12-4-5-13-23/h6-11,14,17H,4-5,12-13H2,1-3H3,(H,22,24). The molecule has 0 bridgehead atoms. The molecule has 144 valence electrons.